The Balaban J connectivity index is 1.43. The van der Waals surface area contributed by atoms with Gasteiger partial charge < -0.3 is 19.2 Å². The van der Waals surface area contributed by atoms with Crippen LogP contribution in [0.3, 0.4) is 0 Å². The van der Waals surface area contributed by atoms with E-state index >= 15 is 0 Å². The molecule has 156 valence electrons. The summed E-state index contributed by atoms with van der Waals surface area (Å²) in [6, 6.07) is 15.8. The fourth-order valence-corrected chi connectivity index (χ4v) is 2.89. The molecule has 0 bridgehead atoms. The van der Waals surface area contributed by atoms with Gasteiger partial charge in [-0.15, -0.1) is 10.2 Å². The van der Waals surface area contributed by atoms with E-state index < -0.39 is 5.97 Å². The summed E-state index contributed by atoms with van der Waals surface area (Å²) in [7, 11) is 0. The monoisotopic (exact) mass is 427 g/mol. The number of ether oxygens (including phenoxy) is 2. The molecule has 9 heteroatoms. The number of hydrogen-bond acceptors (Lipinski definition) is 8. The van der Waals surface area contributed by atoms with E-state index in [1.807, 2.05) is 30.3 Å². The number of rotatable bonds is 9. The maximum absolute atomic E-state index is 12.1. The topological polar surface area (TPSA) is 104 Å². The maximum atomic E-state index is 12.1. The largest absolute Gasteiger partial charge is 0.484 e. The molecule has 0 aliphatic carbocycles. The van der Waals surface area contributed by atoms with Crippen molar-refractivity contribution >= 4 is 29.3 Å². The maximum Gasteiger partial charge on any atom is 0.338 e. The average Bonchev–Trinajstić information content (AvgIpc) is 3.19. The Kier molecular flexibility index (Phi) is 7.45. The SMILES string of the molecule is CC(C)OC(=O)c1ccc(NC(=O)CSc2nnc(COc3ccccc3)o2)cc1. The van der Waals surface area contributed by atoms with Gasteiger partial charge in [0.2, 0.25) is 5.91 Å². The number of benzene rings is 2. The third-order valence-corrected chi connectivity index (χ3v) is 4.45. The lowest BCUT2D eigenvalue weighted by molar-refractivity contribution is -0.113. The minimum absolute atomic E-state index is 0.0956. The number of carbonyl (C=O) groups is 2. The Labute approximate surface area is 178 Å². The van der Waals surface area contributed by atoms with Crippen molar-refractivity contribution in [2.24, 2.45) is 0 Å². The van der Waals surface area contributed by atoms with Crippen molar-refractivity contribution in [1.82, 2.24) is 10.2 Å². The van der Waals surface area contributed by atoms with Gasteiger partial charge in [-0.25, -0.2) is 4.79 Å². The number of nitrogens with zero attached hydrogens (tertiary/aromatic N) is 2. The number of aromatic nitrogens is 2. The molecule has 0 radical (unpaired) electrons. The predicted molar refractivity (Wildman–Crippen MR) is 111 cm³/mol. The Morgan fingerprint density at radius 1 is 1.07 bits per heavy atom. The molecule has 8 nitrogen and oxygen atoms in total. The molecule has 0 saturated carbocycles. The van der Waals surface area contributed by atoms with Crippen LogP contribution in [0.2, 0.25) is 0 Å². The van der Waals surface area contributed by atoms with Crippen LogP contribution in [0, 0.1) is 0 Å². The number of amides is 1. The molecule has 30 heavy (non-hydrogen) atoms. The molecule has 0 unspecified atom stereocenters. The summed E-state index contributed by atoms with van der Waals surface area (Å²) in [6.07, 6.45) is -0.191. The summed E-state index contributed by atoms with van der Waals surface area (Å²) in [5, 5.41) is 10.8. The van der Waals surface area contributed by atoms with Gasteiger partial charge in [0.25, 0.3) is 11.1 Å². The molecular formula is C21H21N3O5S. The van der Waals surface area contributed by atoms with Crippen molar-refractivity contribution in [1.29, 1.82) is 0 Å². The summed E-state index contributed by atoms with van der Waals surface area (Å²) < 4.78 is 16.1. The number of anilines is 1. The van der Waals surface area contributed by atoms with Gasteiger partial charge in [0.15, 0.2) is 6.61 Å². The molecule has 1 N–H and O–H groups in total. The first-order valence-electron chi connectivity index (χ1n) is 9.23. The zero-order valence-electron chi connectivity index (χ0n) is 16.5. The second kappa shape index (κ2) is 10.4. The highest BCUT2D eigenvalue weighted by molar-refractivity contribution is 7.99. The molecule has 0 saturated heterocycles. The Hall–Kier alpha value is -3.33. The lowest BCUT2D eigenvalue weighted by Crippen LogP contribution is -2.14. The number of hydrogen-bond donors (Lipinski definition) is 1. The fourth-order valence-electron chi connectivity index (χ4n) is 2.31. The molecule has 0 atom stereocenters. The van der Waals surface area contributed by atoms with Crippen molar-refractivity contribution < 1.29 is 23.5 Å². The van der Waals surface area contributed by atoms with Crippen LogP contribution in [-0.2, 0) is 16.1 Å². The lowest BCUT2D eigenvalue weighted by Gasteiger charge is -2.08. The Bertz CT molecular complexity index is 974. The molecule has 2 aromatic carbocycles. The summed E-state index contributed by atoms with van der Waals surface area (Å²) in [5.74, 6) is 0.483. The Morgan fingerprint density at radius 2 is 1.80 bits per heavy atom. The van der Waals surface area contributed by atoms with Gasteiger partial charge in [-0.3, -0.25) is 4.79 Å². The van der Waals surface area contributed by atoms with Gasteiger partial charge in [-0.2, -0.15) is 0 Å². The van der Waals surface area contributed by atoms with E-state index in [1.54, 1.807) is 38.1 Å². The van der Waals surface area contributed by atoms with Crippen molar-refractivity contribution in [2.75, 3.05) is 11.1 Å². The number of carbonyl (C=O) groups excluding carboxylic acids is 2. The highest BCUT2D eigenvalue weighted by Crippen LogP contribution is 2.18. The molecule has 1 aromatic heterocycles. The van der Waals surface area contributed by atoms with Crippen molar-refractivity contribution in [3.05, 3.63) is 66.1 Å². The number of nitrogens with one attached hydrogen (secondary N) is 1. The molecule has 0 spiro atoms. The number of thioether (sulfide) groups is 1. The molecule has 1 amide bonds. The van der Waals surface area contributed by atoms with E-state index in [0.717, 1.165) is 11.8 Å². The predicted octanol–water partition coefficient (Wildman–Crippen LogP) is 3.94. The highest BCUT2D eigenvalue weighted by Gasteiger charge is 2.12. The van der Waals surface area contributed by atoms with Crippen LogP contribution in [0.15, 0.2) is 64.2 Å². The van der Waals surface area contributed by atoms with Gasteiger partial charge in [-0.1, -0.05) is 30.0 Å². The quantitative estimate of drug-likeness (QED) is 0.404. The van der Waals surface area contributed by atoms with Gasteiger partial charge in [-0.05, 0) is 50.2 Å². The molecule has 0 aliphatic heterocycles. The zero-order chi connectivity index (χ0) is 21.3. The van der Waals surface area contributed by atoms with Crippen LogP contribution in [0.4, 0.5) is 5.69 Å². The summed E-state index contributed by atoms with van der Waals surface area (Å²) in [4.78, 5) is 24.0. The van der Waals surface area contributed by atoms with Crippen molar-refractivity contribution in [3.8, 4) is 5.75 Å². The summed E-state index contributed by atoms with van der Waals surface area (Å²) in [6.45, 7) is 3.72. The number of esters is 1. The Morgan fingerprint density at radius 3 is 2.50 bits per heavy atom. The first-order valence-corrected chi connectivity index (χ1v) is 10.2. The van der Waals surface area contributed by atoms with Crippen LogP contribution in [0.1, 0.15) is 30.1 Å². The van der Waals surface area contributed by atoms with E-state index in [-0.39, 0.29) is 29.6 Å². The van der Waals surface area contributed by atoms with E-state index in [1.165, 1.54) is 0 Å². The minimum Gasteiger partial charge on any atom is -0.484 e. The molecule has 0 aliphatic rings. The van der Waals surface area contributed by atoms with E-state index in [2.05, 4.69) is 15.5 Å². The average molecular weight is 427 g/mol. The van der Waals surface area contributed by atoms with Gasteiger partial charge in [0, 0.05) is 5.69 Å². The van der Waals surface area contributed by atoms with E-state index in [9.17, 15) is 9.59 Å². The van der Waals surface area contributed by atoms with Crippen molar-refractivity contribution in [2.45, 2.75) is 31.8 Å². The lowest BCUT2D eigenvalue weighted by atomic mass is 10.2. The minimum atomic E-state index is -0.401. The first-order chi connectivity index (χ1) is 14.5. The van der Waals surface area contributed by atoms with E-state index in [0.29, 0.717) is 22.9 Å². The highest BCUT2D eigenvalue weighted by atomic mass is 32.2. The van der Waals surface area contributed by atoms with Crippen LogP contribution in [0.25, 0.3) is 0 Å². The smallest absolute Gasteiger partial charge is 0.338 e. The number of para-hydroxylation sites is 1. The summed E-state index contributed by atoms with van der Waals surface area (Å²) in [5.41, 5.74) is 0.997. The second-order valence-corrected chi connectivity index (χ2v) is 7.36. The third kappa shape index (κ3) is 6.63. The van der Waals surface area contributed by atoms with Crippen LogP contribution in [0.5, 0.6) is 5.75 Å². The van der Waals surface area contributed by atoms with Gasteiger partial charge in [0.05, 0.1) is 17.4 Å². The van der Waals surface area contributed by atoms with Crippen molar-refractivity contribution in [3.63, 3.8) is 0 Å². The molecule has 3 aromatic rings. The normalized spacial score (nSPS) is 10.6. The van der Waals surface area contributed by atoms with Crippen LogP contribution in [-0.4, -0.2) is 33.9 Å². The third-order valence-electron chi connectivity index (χ3n) is 3.63. The molecule has 0 fully saturated rings. The van der Waals surface area contributed by atoms with E-state index in [4.69, 9.17) is 13.9 Å². The second-order valence-electron chi connectivity index (χ2n) is 6.43. The standard InChI is InChI=1S/C21H21N3O5S/c1-14(2)28-20(26)15-8-10-16(11-9-15)22-18(25)13-30-21-24-23-19(29-21)12-27-17-6-4-3-5-7-17/h3-11,14H,12-13H2,1-2H3,(H,22,25). The van der Waals surface area contributed by atoms with Gasteiger partial charge >= 0.3 is 5.97 Å². The van der Waals surface area contributed by atoms with Gasteiger partial charge in [0.1, 0.15) is 5.75 Å². The summed E-state index contributed by atoms with van der Waals surface area (Å²) >= 11 is 1.12. The molecular weight excluding hydrogens is 406 g/mol. The molecule has 1 heterocycles. The van der Waals surface area contributed by atoms with Crippen LogP contribution < -0.4 is 10.1 Å². The fraction of sp³-hybridized carbons (Fsp3) is 0.238. The molecule has 3 rings (SSSR count). The first kappa shape index (κ1) is 21.4. The van der Waals surface area contributed by atoms with Crippen LogP contribution >= 0.6 is 11.8 Å². The zero-order valence-corrected chi connectivity index (χ0v) is 17.3.